The van der Waals surface area contributed by atoms with E-state index in [1.807, 2.05) is 6.92 Å². The van der Waals surface area contributed by atoms with Gasteiger partial charge >= 0.3 is 17.9 Å². The molecule has 8 heteroatoms. The van der Waals surface area contributed by atoms with Crippen LogP contribution < -0.4 is 0 Å². The third-order valence-electron chi connectivity index (χ3n) is 12.5. The van der Waals surface area contributed by atoms with Gasteiger partial charge in [-0.3, -0.25) is 9.59 Å². The summed E-state index contributed by atoms with van der Waals surface area (Å²) >= 11 is 0. The molecule has 4 rings (SSSR count). The fourth-order valence-corrected chi connectivity index (χ4v) is 9.79. The summed E-state index contributed by atoms with van der Waals surface area (Å²) in [5, 5.41) is 23.5. The highest BCUT2D eigenvalue weighted by molar-refractivity contribution is 5.89. The Morgan fingerprint density at radius 1 is 1.00 bits per heavy atom. The van der Waals surface area contributed by atoms with Crippen molar-refractivity contribution in [2.24, 2.45) is 39.4 Å². The third-order valence-corrected chi connectivity index (χ3v) is 12.5. The molecule has 4 aliphatic rings. The second-order valence-electron chi connectivity index (χ2n) is 13.8. The van der Waals surface area contributed by atoms with E-state index in [0.29, 0.717) is 37.7 Å². The first-order valence-corrected chi connectivity index (χ1v) is 14.6. The largest absolute Gasteiger partial charge is 0.469 e. The first-order chi connectivity index (χ1) is 18.5. The molecule has 0 spiro atoms. The van der Waals surface area contributed by atoms with E-state index in [9.17, 15) is 24.6 Å². The molecule has 0 aliphatic heterocycles. The van der Waals surface area contributed by atoms with E-state index in [1.54, 1.807) is 13.8 Å². The van der Waals surface area contributed by atoms with E-state index in [0.717, 1.165) is 17.6 Å². The van der Waals surface area contributed by atoms with Crippen LogP contribution in [0, 0.1) is 39.4 Å². The number of methoxy groups -OCH3 is 3. The molecule has 0 aromatic rings. The summed E-state index contributed by atoms with van der Waals surface area (Å²) in [4.78, 5) is 39.1. The standard InChI is InChI=1S/C32H48O8/c1-18-16-23(33)32(27(36)40-9)15-14-29(4)21(25(32)31(18,6)37)10-11-22-28(3,17-24(34)38-7)20(12-13-30(22,29)5)19(2)26(35)39-8/h10,18,22-23,25,33,37H,11-17H2,1-9H3/b20-19-/t18-,22-,23+,25-,28+,29-,30-,31-,32-/m1/s1. The summed E-state index contributed by atoms with van der Waals surface area (Å²) < 4.78 is 15.5. The van der Waals surface area contributed by atoms with Crippen LogP contribution >= 0.6 is 0 Å². The summed E-state index contributed by atoms with van der Waals surface area (Å²) in [5.41, 5.74) is -1.41. The molecule has 40 heavy (non-hydrogen) atoms. The molecule has 3 fully saturated rings. The topological polar surface area (TPSA) is 119 Å². The lowest BCUT2D eigenvalue weighted by molar-refractivity contribution is -0.222. The van der Waals surface area contributed by atoms with Crippen molar-refractivity contribution in [3.63, 3.8) is 0 Å². The first-order valence-electron chi connectivity index (χ1n) is 14.6. The Balaban J connectivity index is 1.94. The average Bonchev–Trinajstić information content (AvgIpc) is 2.90. The number of hydrogen-bond donors (Lipinski definition) is 2. The van der Waals surface area contributed by atoms with Crippen molar-refractivity contribution in [3.05, 3.63) is 22.8 Å². The predicted octanol–water partition coefficient (Wildman–Crippen LogP) is 4.52. The Morgan fingerprint density at radius 2 is 1.65 bits per heavy atom. The summed E-state index contributed by atoms with van der Waals surface area (Å²) in [6.07, 6.45) is 4.70. The van der Waals surface area contributed by atoms with Crippen molar-refractivity contribution in [3.8, 4) is 0 Å². The minimum Gasteiger partial charge on any atom is -0.469 e. The van der Waals surface area contributed by atoms with Gasteiger partial charge in [-0.15, -0.1) is 0 Å². The number of aliphatic hydroxyl groups is 2. The minimum absolute atomic E-state index is 0.0160. The molecule has 0 radical (unpaired) electrons. The Bertz CT molecular complexity index is 1150. The summed E-state index contributed by atoms with van der Waals surface area (Å²) in [6.45, 7) is 12.1. The van der Waals surface area contributed by atoms with Crippen molar-refractivity contribution in [1.29, 1.82) is 0 Å². The number of rotatable bonds is 4. The summed E-state index contributed by atoms with van der Waals surface area (Å²) in [7, 11) is 4.11. The Kier molecular flexibility index (Phi) is 7.67. The van der Waals surface area contributed by atoms with E-state index in [1.165, 1.54) is 21.3 Å². The fraction of sp³-hybridized carbons (Fsp3) is 0.781. The number of carbonyl (C=O) groups excluding carboxylic acids is 3. The highest BCUT2D eigenvalue weighted by Gasteiger charge is 2.72. The molecular formula is C32H48O8. The van der Waals surface area contributed by atoms with Crippen LogP contribution in [0.15, 0.2) is 22.8 Å². The van der Waals surface area contributed by atoms with Crippen molar-refractivity contribution in [2.75, 3.05) is 21.3 Å². The number of esters is 3. The lowest BCUT2D eigenvalue weighted by Gasteiger charge is -2.69. The maximum absolute atomic E-state index is 13.5. The second-order valence-corrected chi connectivity index (χ2v) is 13.8. The molecule has 0 bridgehead atoms. The number of ether oxygens (including phenoxy) is 3. The van der Waals surface area contributed by atoms with Crippen LogP contribution in [0.1, 0.15) is 86.5 Å². The molecule has 2 N–H and O–H groups in total. The van der Waals surface area contributed by atoms with E-state index in [2.05, 4.69) is 26.8 Å². The van der Waals surface area contributed by atoms with Crippen LogP contribution in [0.3, 0.4) is 0 Å². The maximum Gasteiger partial charge on any atom is 0.333 e. The molecule has 0 aromatic heterocycles. The lowest BCUT2D eigenvalue weighted by Crippen LogP contribution is -2.69. The number of allylic oxidation sites excluding steroid dienone is 2. The minimum atomic E-state index is -1.24. The van der Waals surface area contributed by atoms with Gasteiger partial charge in [0.2, 0.25) is 0 Å². The molecular weight excluding hydrogens is 512 g/mol. The smallest absolute Gasteiger partial charge is 0.333 e. The molecule has 0 heterocycles. The second kappa shape index (κ2) is 9.97. The molecule has 0 saturated heterocycles. The highest BCUT2D eigenvalue weighted by atomic mass is 16.5. The zero-order chi connectivity index (χ0) is 30.1. The van der Waals surface area contributed by atoms with Crippen molar-refractivity contribution < 1.29 is 38.8 Å². The Morgan fingerprint density at radius 3 is 2.23 bits per heavy atom. The van der Waals surface area contributed by atoms with Crippen LogP contribution in [-0.2, 0) is 28.6 Å². The van der Waals surface area contributed by atoms with Gasteiger partial charge in [0, 0.05) is 16.9 Å². The molecule has 224 valence electrons. The van der Waals surface area contributed by atoms with Crippen LogP contribution in [0.25, 0.3) is 0 Å². The van der Waals surface area contributed by atoms with Crippen LogP contribution in [-0.4, -0.2) is 61.2 Å². The Hall–Kier alpha value is -2.19. The monoisotopic (exact) mass is 560 g/mol. The van der Waals surface area contributed by atoms with Gasteiger partial charge in [0.15, 0.2) is 0 Å². The summed E-state index contributed by atoms with van der Waals surface area (Å²) in [6, 6.07) is 0. The SMILES string of the molecule is COC(=O)C[C@@]1(C)/C(=C(/C)C(=O)OC)CC[C@]2(C)[C@@H]1CC=C1[C@@H]3[C@](C)(O)[C@H](C)C[C@H](O)[C@]3(C(=O)OC)CC[C@]12C. The van der Waals surface area contributed by atoms with E-state index < -0.39 is 45.8 Å². The van der Waals surface area contributed by atoms with Gasteiger partial charge < -0.3 is 24.4 Å². The normalized spacial score (nSPS) is 45.6. The number of carbonyl (C=O) groups is 3. The number of aliphatic hydroxyl groups excluding tert-OH is 1. The van der Waals surface area contributed by atoms with Crippen LogP contribution in [0.5, 0.6) is 0 Å². The van der Waals surface area contributed by atoms with E-state index >= 15 is 0 Å². The van der Waals surface area contributed by atoms with Gasteiger partial charge in [0.25, 0.3) is 0 Å². The molecule has 8 nitrogen and oxygen atoms in total. The first kappa shape index (κ1) is 30.8. The van der Waals surface area contributed by atoms with Crippen molar-refractivity contribution in [1.82, 2.24) is 0 Å². The quantitative estimate of drug-likeness (QED) is 0.223. The highest BCUT2D eigenvalue weighted by Crippen LogP contribution is 2.74. The van der Waals surface area contributed by atoms with Crippen LogP contribution in [0.2, 0.25) is 0 Å². The molecule has 9 atom stereocenters. The van der Waals surface area contributed by atoms with Gasteiger partial charge in [-0.25, -0.2) is 4.79 Å². The van der Waals surface area contributed by atoms with Crippen molar-refractivity contribution >= 4 is 17.9 Å². The molecule has 3 saturated carbocycles. The fourth-order valence-electron chi connectivity index (χ4n) is 9.79. The molecule has 0 amide bonds. The zero-order valence-corrected chi connectivity index (χ0v) is 25.7. The lowest BCUT2D eigenvalue weighted by atomic mass is 9.35. The number of fused-ring (bicyclic) bond motifs is 5. The van der Waals surface area contributed by atoms with Crippen LogP contribution in [0.4, 0.5) is 0 Å². The molecule has 0 unspecified atom stereocenters. The number of hydrogen-bond acceptors (Lipinski definition) is 8. The average molecular weight is 561 g/mol. The maximum atomic E-state index is 13.5. The van der Waals surface area contributed by atoms with Gasteiger partial charge in [-0.05, 0) is 75.0 Å². The zero-order valence-electron chi connectivity index (χ0n) is 25.7. The predicted molar refractivity (Wildman–Crippen MR) is 149 cm³/mol. The van der Waals surface area contributed by atoms with Crippen molar-refractivity contribution in [2.45, 2.75) is 98.2 Å². The van der Waals surface area contributed by atoms with Gasteiger partial charge in [-0.1, -0.05) is 44.9 Å². The van der Waals surface area contributed by atoms with Gasteiger partial charge in [0.05, 0.1) is 39.5 Å². The Labute approximate surface area is 238 Å². The molecule has 0 aromatic carbocycles. The van der Waals surface area contributed by atoms with E-state index in [-0.39, 0.29) is 29.6 Å². The molecule has 4 aliphatic carbocycles. The third kappa shape index (κ3) is 3.88. The summed E-state index contributed by atoms with van der Waals surface area (Å²) in [5.74, 6) is -2.05. The van der Waals surface area contributed by atoms with Gasteiger partial charge in [0.1, 0.15) is 5.41 Å². The van der Waals surface area contributed by atoms with E-state index in [4.69, 9.17) is 14.2 Å². The van der Waals surface area contributed by atoms with Gasteiger partial charge in [-0.2, -0.15) is 0 Å².